The maximum Gasteiger partial charge on any atom is 0.604 e. The monoisotopic (exact) mass is 198 g/mol. The zero-order valence-corrected chi connectivity index (χ0v) is 6.86. The molecule has 0 fully saturated rings. The highest BCUT2D eigenvalue weighted by Crippen LogP contribution is 2.21. The summed E-state index contributed by atoms with van der Waals surface area (Å²) in [5.41, 5.74) is -0.380. The van der Waals surface area contributed by atoms with Crippen molar-refractivity contribution in [1.82, 2.24) is 0 Å². The lowest BCUT2D eigenvalue weighted by atomic mass is 10.1. The number of nitro groups is 2. The largest absolute Gasteiger partial charge is 0.604 e. The molecule has 0 unspecified atom stereocenters. The van der Waals surface area contributed by atoms with Crippen molar-refractivity contribution in [1.29, 1.82) is 0 Å². The van der Waals surface area contributed by atoms with E-state index in [1.165, 1.54) is 18.2 Å². The standard InChI is InChI=1S/C7H6N2O5/c10-7(8(11)12,9(13)14)6-4-2-1-3-5-6/h1-5,10H. The molecule has 0 aromatic heterocycles. The smallest absolute Gasteiger partial charge is 0.264 e. The third-order valence-corrected chi connectivity index (χ3v) is 1.67. The van der Waals surface area contributed by atoms with Gasteiger partial charge in [0, 0.05) is 0 Å². The van der Waals surface area contributed by atoms with Gasteiger partial charge in [0.05, 0.1) is 0 Å². The van der Waals surface area contributed by atoms with Gasteiger partial charge >= 0.3 is 5.85 Å². The van der Waals surface area contributed by atoms with Gasteiger partial charge < -0.3 is 0 Å². The van der Waals surface area contributed by atoms with Crippen LogP contribution in [0.3, 0.4) is 0 Å². The first-order valence-corrected chi connectivity index (χ1v) is 3.56. The molecule has 1 rings (SSSR count). The minimum atomic E-state index is -3.26. The summed E-state index contributed by atoms with van der Waals surface area (Å²) in [5.74, 6) is -3.26. The Morgan fingerprint density at radius 3 is 1.86 bits per heavy atom. The molecule has 0 aliphatic rings. The molecule has 0 spiro atoms. The average Bonchev–Trinajstić information content (AvgIpc) is 2.17. The lowest BCUT2D eigenvalue weighted by Crippen LogP contribution is -2.42. The van der Waals surface area contributed by atoms with Gasteiger partial charge in [-0.3, -0.25) is 25.3 Å². The van der Waals surface area contributed by atoms with Gasteiger partial charge in [-0.1, -0.05) is 18.2 Å². The van der Waals surface area contributed by atoms with Gasteiger partial charge in [0.25, 0.3) is 0 Å². The second-order valence-corrected chi connectivity index (χ2v) is 2.52. The number of nitrogens with zero attached hydrogens (tertiary/aromatic N) is 2. The normalized spacial score (nSPS) is 10.9. The van der Waals surface area contributed by atoms with Crippen LogP contribution in [0.4, 0.5) is 0 Å². The third-order valence-electron chi connectivity index (χ3n) is 1.67. The fraction of sp³-hybridized carbons (Fsp3) is 0.143. The molecule has 0 heterocycles. The summed E-state index contributed by atoms with van der Waals surface area (Å²) < 4.78 is 0. The molecule has 74 valence electrons. The Kier molecular flexibility index (Phi) is 2.43. The van der Waals surface area contributed by atoms with E-state index in [-0.39, 0.29) is 5.56 Å². The molecule has 0 aliphatic heterocycles. The fourth-order valence-electron chi connectivity index (χ4n) is 0.939. The van der Waals surface area contributed by atoms with E-state index >= 15 is 0 Å². The summed E-state index contributed by atoms with van der Waals surface area (Å²) in [5, 5.41) is 30.0. The van der Waals surface area contributed by atoms with Gasteiger partial charge in [0.1, 0.15) is 15.4 Å². The Hall–Kier alpha value is -2.02. The maximum absolute atomic E-state index is 10.4. The number of hydrogen-bond acceptors (Lipinski definition) is 5. The van der Waals surface area contributed by atoms with Crippen molar-refractivity contribution in [3.63, 3.8) is 0 Å². The molecule has 0 atom stereocenters. The van der Waals surface area contributed by atoms with Crippen LogP contribution in [0.5, 0.6) is 0 Å². The topological polar surface area (TPSA) is 107 Å². The van der Waals surface area contributed by atoms with Crippen molar-refractivity contribution in [2.24, 2.45) is 0 Å². The SMILES string of the molecule is O=[N+]([O-])C(O)(c1ccccc1)[N+](=O)[O-]. The van der Waals surface area contributed by atoms with E-state index < -0.39 is 15.7 Å². The first-order chi connectivity index (χ1) is 6.49. The molecule has 7 nitrogen and oxygen atoms in total. The molecule has 1 aromatic rings. The summed E-state index contributed by atoms with van der Waals surface area (Å²) in [7, 11) is 0. The lowest BCUT2D eigenvalue weighted by molar-refractivity contribution is -0.862. The predicted molar refractivity (Wildman–Crippen MR) is 44.3 cm³/mol. The van der Waals surface area contributed by atoms with Gasteiger partial charge in [-0.25, -0.2) is 0 Å². The first kappa shape index (κ1) is 10.1. The Labute approximate surface area is 77.9 Å². The van der Waals surface area contributed by atoms with Crippen LogP contribution in [0.2, 0.25) is 0 Å². The number of benzene rings is 1. The molecule has 0 bridgehead atoms. The summed E-state index contributed by atoms with van der Waals surface area (Å²) in [6.07, 6.45) is 0. The molecule has 0 saturated carbocycles. The number of hydrogen-bond donors (Lipinski definition) is 1. The van der Waals surface area contributed by atoms with Crippen LogP contribution in [-0.2, 0) is 5.85 Å². The van der Waals surface area contributed by atoms with Crippen LogP contribution in [0.1, 0.15) is 5.56 Å². The highest BCUT2D eigenvalue weighted by Gasteiger charge is 2.56. The molecule has 7 heteroatoms. The van der Waals surface area contributed by atoms with E-state index in [0.29, 0.717) is 0 Å². The van der Waals surface area contributed by atoms with Gasteiger partial charge in [-0.2, -0.15) is 0 Å². The average molecular weight is 198 g/mol. The minimum Gasteiger partial charge on any atom is -0.264 e. The van der Waals surface area contributed by atoms with Crippen molar-refractivity contribution in [3.8, 4) is 0 Å². The van der Waals surface area contributed by atoms with Crippen LogP contribution in [-0.4, -0.2) is 15.0 Å². The summed E-state index contributed by atoms with van der Waals surface area (Å²) in [6, 6.07) is 6.50. The maximum atomic E-state index is 10.4. The van der Waals surface area contributed by atoms with Crippen LogP contribution in [0.15, 0.2) is 30.3 Å². The van der Waals surface area contributed by atoms with Crippen molar-refractivity contribution in [2.75, 3.05) is 0 Å². The van der Waals surface area contributed by atoms with Crippen molar-refractivity contribution in [3.05, 3.63) is 56.1 Å². The second kappa shape index (κ2) is 3.38. The van der Waals surface area contributed by atoms with Crippen molar-refractivity contribution in [2.45, 2.75) is 5.85 Å². The zero-order valence-electron chi connectivity index (χ0n) is 6.86. The molecule has 14 heavy (non-hydrogen) atoms. The summed E-state index contributed by atoms with van der Waals surface area (Å²) in [4.78, 5) is 18.1. The first-order valence-electron chi connectivity index (χ1n) is 3.56. The summed E-state index contributed by atoms with van der Waals surface area (Å²) >= 11 is 0. The molecule has 0 aliphatic carbocycles. The Morgan fingerprint density at radius 1 is 1.07 bits per heavy atom. The van der Waals surface area contributed by atoms with E-state index in [2.05, 4.69) is 0 Å². The Bertz CT molecular complexity index is 350. The van der Waals surface area contributed by atoms with Crippen LogP contribution in [0, 0.1) is 20.2 Å². The van der Waals surface area contributed by atoms with Crippen molar-refractivity contribution >= 4 is 0 Å². The highest BCUT2D eigenvalue weighted by molar-refractivity contribution is 5.17. The van der Waals surface area contributed by atoms with Gasteiger partial charge in [0.2, 0.25) is 0 Å². The lowest BCUT2D eigenvalue weighted by Gasteiger charge is -2.09. The van der Waals surface area contributed by atoms with E-state index in [0.717, 1.165) is 12.1 Å². The van der Waals surface area contributed by atoms with Crippen LogP contribution in [0.25, 0.3) is 0 Å². The van der Waals surface area contributed by atoms with Crippen LogP contribution < -0.4 is 0 Å². The van der Waals surface area contributed by atoms with E-state index in [9.17, 15) is 25.3 Å². The molecule has 0 saturated heterocycles. The Balaban J connectivity index is 3.27. The fourth-order valence-corrected chi connectivity index (χ4v) is 0.939. The zero-order chi connectivity index (χ0) is 10.8. The molecule has 1 N–H and O–H groups in total. The van der Waals surface area contributed by atoms with Crippen molar-refractivity contribution < 1.29 is 15.0 Å². The van der Waals surface area contributed by atoms with Crippen LogP contribution >= 0.6 is 0 Å². The van der Waals surface area contributed by atoms with Gasteiger partial charge in [-0.15, -0.1) is 0 Å². The third kappa shape index (κ3) is 1.40. The molecular formula is C7H6N2O5. The van der Waals surface area contributed by atoms with Gasteiger partial charge in [0.15, 0.2) is 0 Å². The summed E-state index contributed by atoms with van der Waals surface area (Å²) in [6.45, 7) is 0. The van der Waals surface area contributed by atoms with E-state index in [1.54, 1.807) is 0 Å². The second-order valence-electron chi connectivity index (χ2n) is 2.52. The molecule has 0 radical (unpaired) electrons. The van der Waals surface area contributed by atoms with E-state index in [1.807, 2.05) is 0 Å². The minimum absolute atomic E-state index is 0.380. The van der Waals surface area contributed by atoms with E-state index in [4.69, 9.17) is 0 Å². The molecular weight excluding hydrogens is 192 g/mol. The molecule has 0 amide bonds. The number of rotatable bonds is 3. The quantitative estimate of drug-likeness (QED) is 0.428. The highest BCUT2D eigenvalue weighted by atomic mass is 16.7. The predicted octanol–water partition coefficient (Wildman–Crippen LogP) is 0.343. The molecule has 1 aromatic carbocycles. The van der Waals surface area contributed by atoms with Gasteiger partial charge in [-0.05, 0) is 12.1 Å². The number of aliphatic hydroxyl groups is 1. The Morgan fingerprint density at radius 2 is 1.50 bits per heavy atom.